The van der Waals surface area contributed by atoms with Gasteiger partial charge >= 0.3 is 8.69 Å². The van der Waals surface area contributed by atoms with Crippen LogP contribution in [-0.2, 0) is 4.57 Å². The van der Waals surface area contributed by atoms with Gasteiger partial charge < -0.3 is 4.52 Å². The molecule has 0 aliphatic rings. The minimum Gasteiger partial charge on any atom is -0.403 e. The molecule has 17 heavy (non-hydrogen) atoms. The lowest BCUT2D eigenvalue weighted by Gasteiger charge is -2.07. The summed E-state index contributed by atoms with van der Waals surface area (Å²) in [6.45, 7) is 0. The number of benzene rings is 2. The molecule has 0 fully saturated rings. The first-order valence-corrected chi connectivity index (χ1v) is 5.61. The lowest BCUT2D eigenvalue weighted by atomic mass is 10.3. The SMILES string of the molecule is O=POc1ccccc1OOc1ccccc1. The minimum atomic E-state index is -0.439. The van der Waals surface area contributed by atoms with Crippen molar-refractivity contribution < 1.29 is 18.9 Å². The smallest absolute Gasteiger partial charge is 0.395 e. The normalized spacial score (nSPS) is 9.88. The number of hydrogen-bond donors (Lipinski definition) is 0. The van der Waals surface area contributed by atoms with Gasteiger partial charge in [0.2, 0.25) is 5.75 Å². The molecule has 0 spiro atoms. The Morgan fingerprint density at radius 2 is 1.41 bits per heavy atom. The van der Waals surface area contributed by atoms with Crippen LogP contribution in [0.25, 0.3) is 0 Å². The summed E-state index contributed by atoms with van der Waals surface area (Å²) in [5, 5.41) is 0. The highest BCUT2D eigenvalue weighted by Gasteiger charge is 2.06. The van der Waals surface area contributed by atoms with Crippen molar-refractivity contribution in [3.63, 3.8) is 0 Å². The molecule has 0 aliphatic heterocycles. The van der Waals surface area contributed by atoms with Gasteiger partial charge in [-0.2, -0.15) is 0 Å². The van der Waals surface area contributed by atoms with E-state index < -0.39 is 8.69 Å². The summed E-state index contributed by atoms with van der Waals surface area (Å²) in [6, 6.07) is 15.9. The Balaban J connectivity index is 2.06. The molecule has 0 aliphatic carbocycles. The van der Waals surface area contributed by atoms with E-state index in [2.05, 4.69) is 0 Å². The van der Waals surface area contributed by atoms with Crippen molar-refractivity contribution in [1.82, 2.24) is 0 Å². The summed E-state index contributed by atoms with van der Waals surface area (Å²) in [5.41, 5.74) is 0. The van der Waals surface area contributed by atoms with E-state index in [1.807, 2.05) is 18.2 Å². The zero-order chi connectivity index (χ0) is 11.9. The largest absolute Gasteiger partial charge is 0.403 e. The zero-order valence-electron chi connectivity index (χ0n) is 8.78. The van der Waals surface area contributed by atoms with Crippen molar-refractivity contribution in [3.8, 4) is 17.2 Å². The predicted octanol–water partition coefficient (Wildman–Crippen LogP) is 3.64. The van der Waals surface area contributed by atoms with E-state index in [-0.39, 0.29) is 0 Å². The lowest BCUT2D eigenvalue weighted by molar-refractivity contribution is -0.101. The van der Waals surface area contributed by atoms with Crippen LogP contribution < -0.4 is 14.3 Å². The molecule has 0 bridgehead atoms. The Hall–Kier alpha value is -2.06. The van der Waals surface area contributed by atoms with Crippen LogP contribution in [0.5, 0.6) is 17.2 Å². The molecule has 5 heteroatoms. The molecule has 2 aromatic carbocycles. The molecule has 0 heterocycles. The Morgan fingerprint density at radius 3 is 2.12 bits per heavy atom. The standard InChI is InChI=1S/C12H9O4P/c13-17-16-12-9-5-4-8-11(12)15-14-10-6-2-1-3-7-10/h1-9H. The topological polar surface area (TPSA) is 44.8 Å². The molecule has 86 valence electrons. The number of para-hydroxylation sites is 3. The molecule has 0 aromatic heterocycles. The van der Waals surface area contributed by atoms with E-state index in [0.29, 0.717) is 17.2 Å². The average molecular weight is 248 g/mol. The van der Waals surface area contributed by atoms with Crippen LogP contribution in [0.4, 0.5) is 0 Å². The average Bonchev–Trinajstić information content (AvgIpc) is 2.39. The summed E-state index contributed by atoms with van der Waals surface area (Å²) in [6.07, 6.45) is 0. The van der Waals surface area contributed by atoms with Gasteiger partial charge in [0, 0.05) is 0 Å². The Kier molecular flexibility index (Phi) is 3.95. The molecule has 0 amide bonds. The highest BCUT2D eigenvalue weighted by Crippen LogP contribution is 2.29. The zero-order valence-corrected chi connectivity index (χ0v) is 9.67. The van der Waals surface area contributed by atoms with Crippen LogP contribution in [0.3, 0.4) is 0 Å². The van der Waals surface area contributed by atoms with Gasteiger partial charge in [-0.25, -0.2) is 4.57 Å². The second-order valence-electron chi connectivity index (χ2n) is 3.09. The van der Waals surface area contributed by atoms with Crippen LogP contribution in [0.15, 0.2) is 54.6 Å². The molecule has 4 nitrogen and oxygen atoms in total. The number of hydrogen-bond acceptors (Lipinski definition) is 4. The predicted molar refractivity (Wildman–Crippen MR) is 62.4 cm³/mol. The Bertz CT molecular complexity index is 487. The van der Waals surface area contributed by atoms with Gasteiger partial charge in [-0.1, -0.05) is 30.3 Å². The number of rotatable bonds is 5. The van der Waals surface area contributed by atoms with Crippen LogP contribution >= 0.6 is 8.69 Å². The van der Waals surface area contributed by atoms with E-state index in [9.17, 15) is 4.57 Å². The van der Waals surface area contributed by atoms with Gasteiger partial charge in [0.05, 0.1) is 0 Å². The van der Waals surface area contributed by atoms with Gasteiger partial charge in [0.1, 0.15) is 0 Å². The fraction of sp³-hybridized carbons (Fsp3) is 0. The van der Waals surface area contributed by atoms with E-state index in [4.69, 9.17) is 14.3 Å². The lowest BCUT2D eigenvalue weighted by Crippen LogP contribution is -2.00. The molecule has 0 N–H and O–H groups in total. The molecule has 0 atom stereocenters. The van der Waals surface area contributed by atoms with E-state index in [1.165, 1.54) is 0 Å². The van der Waals surface area contributed by atoms with Gasteiger partial charge in [-0.05, 0) is 24.3 Å². The van der Waals surface area contributed by atoms with E-state index in [0.717, 1.165) is 0 Å². The van der Waals surface area contributed by atoms with Crippen molar-refractivity contribution in [2.24, 2.45) is 0 Å². The fourth-order valence-electron chi connectivity index (χ4n) is 1.20. The monoisotopic (exact) mass is 248 g/mol. The Morgan fingerprint density at radius 1 is 0.765 bits per heavy atom. The molecule has 2 aromatic rings. The van der Waals surface area contributed by atoms with Crippen LogP contribution in [0.2, 0.25) is 0 Å². The van der Waals surface area contributed by atoms with Crippen LogP contribution in [0, 0.1) is 0 Å². The van der Waals surface area contributed by atoms with Crippen LogP contribution in [-0.4, -0.2) is 0 Å². The highest BCUT2D eigenvalue weighted by molar-refractivity contribution is 7.17. The first-order chi connectivity index (χ1) is 8.40. The van der Waals surface area contributed by atoms with Crippen LogP contribution in [0.1, 0.15) is 0 Å². The maximum atomic E-state index is 10.4. The van der Waals surface area contributed by atoms with Crippen molar-refractivity contribution in [2.75, 3.05) is 0 Å². The molecule has 0 unspecified atom stereocenters. The van der Waals surface area contributed by atoms with E-state index in [1.54, 1.807) is 36.4 Å². The van der Waals surface area contributed by atoms with Gasteiger partial charge in [0.15, 0.2) is 11.5 Å². The quantitative estimate of drug-likeness (QED) is 0.460. The summed E-state index contributed by atoms with van der Waals surface area (Å²) in [5.74, 6) is 1.28. The van der Waals surface area contributed by atoms with Crippen molar-refractivity contribution >= 4 is 8.69 Å². The Labute approximate surface area is 100.0 Å². The molecular weight excluding hydrogens is 239 g/mol. The highest BCUT2D eigenvalue weighted by atomic mass is 31.1. The summed E-state index contributed by atoms with van der Waals surface area (Å²) >= 11 is 0. The minimum absolute atomic E-state index is 0.347. The third-order valence-electron chi connectivity index (χ3n) is 1.96. The van der Waals surface area contributed by atoms with Crippen molar-refractivity contribution in [2.45, 2.75) is 0 Å². The summed E-state index contributed by atoms with van der Waals surface area (Å²) in [7, 11) is -0.439. The second-order valence-corrected chi connectivity index (χ2v) is 3.42. The third kappa shape index (κ3) is 3.20. The van der Waals surface area contributed by atoms with E-state index >= 15 is 0 Å². The van der Waals surface area contributed by atoms with Gasteiger partial charge in [-0.15, -0.1) is 0 Å². The van der Waals surface area contributed by atoms with Gasteiger partial charge in [-0.3, -0.25) is 9.78 Å². The first kappa shape index (κ1) is 11.4. The first-order valence-electron chi connectivity index (χ1n) is 4.88. The second kappa shape index (κ2) is 5.87. The fourth-order valence-corrected chi connectivity index (χ4v) is 1.43. The van der Waals surface area contributed by atoms with Crippen molar-refractivity contribution in [1.29, 1.82) is 0 Å². The molecule has 0 saturated heterocycles. The molecule has 2 rings (SSSR count). The molecule has 0 saturated carbocycles. The third-order valence-corrected chi connectivity index (χ3v) is 2.23. The molecule has 0 radical (unpaired) electrons. The van der Waals surface area contributed by atoms with Crippen molar-refractivity contribution in [3.05, 3.63) is 54.6 Å². The summed E-state index contributed by atoms with van der Waals surface area (Å²) in [4.78, 5) is 10.2. The maximum absolute atomic E-state index is 10.4. The van der Waals surface area contributed by atoms with Gasteiger partial charge in [0.25, 0.3) is 0 Å². The molecular formula is C12H9O4P. The summed E-state index contributed by atoms with van der Waals surface area (Å²) < 4.78 is 15.2. The maximum Gasteiger partial charge on any atom is 0.395 e.